The predicted molar refractivity (Wildman–Crippen MR) is 77.7 cm³/mol. The molecular formula is C13H21N7. The second-order valence-electron chi connectivity index (χ2n) is 5.06. The van der Waals surface area contributed by atoms with Crippen molar-refractivity contribution in [3.63, 3.8) is 0 Å². The Morgan fingerprint density at radius 1 is 1.30 bits per heavy atom. The van der Waals surface area contributed by atoms with Crippen LogP contribution in [-0.4, -0.2) is 51.1 Å². The quantitative estimate of drug-likeness (QED) is 0.866. The zero-order chi connectivity index (χ0) is 13.9. The second kappa shape index (κ2) is 5.62. The lowest BCUT2D eigenvalue weighted by Crippen LogP contribution is -2.28. The number of anilines is 1. The van der Waals surface area contributed by atoms with Crippen molar-refractivity contribution in [3.05, 3.63) is 11.8 Å². The summed E-state index contributed by atoms with van der Waals surface area (Å²) >= 11 is 0. The van der Waals surface area contributed by atoms with Crippen molar-refractivity contribution < 1.29 is 0 Å². The summed E-state index contributed by atoms with van der Waals surface area (Å²) in [4.78, 5) is 6.86. The molecule has 0 amide bonds. The Hall–Kier alpha value is -1.89. The SMILES string of the molecule is CCn1nc(C)cc1-c1nc(N2CCCNCC2)n[nH]1. The molecule has 2 aromatic rings. The maximum atomic E-state index is 4.64. The Morgan fingerprint density at radius 2 is 2.20 bits per heavy atom. The Kier molecular flexibility index (Phi) is 3.68. The van der Waals surface area contributed by atoms with Gasteiger partial charge in [0.2, 0.25) is 5.95 Å². The molecule has 2 aromatic heterocycles. The molecule has 3 rings (SSSR count). The zero-order valence-corrected chi connectivity index (χ0v) is 12.1. The van der Waals surface area contributed by atoms with Gasteiger partial charge in [-0.15, -0.1) is 5.10 Å². The molecule has 3 heterocycles. The van der Waals surface area contributed by atoms with Crippen molar-refractivity contribution >= 4 is 5.95 Å². The Labute approximate surface area is 118 Å². The average Bonchev–Trinajstić information content (AvgIpc) is 2.97. The van der Waals surface area contributed by atoms with Gasteiger partial charge in [0.15, 0.2) is 5.82 Å². The highest BCUT2D eigenvalue weighted by Gasteiger charge is 2.16. The molecule has 1 aliphatic rings. The molecule has 0 unspecified atom stereocenters. The van der Waals surface area contributed by atoms with Crippen LogP contribution in [0, 0.1) is 6.92 Å². The average molecular weight is 275 g/mol. The Bertz CT molecular complexity index is 563. The van der Waals surface area contributed by atoms with Gasteiger partial charge in [0, 0.05) is 26.2 Å². The molecule has 1 fully saturated rings. The van der Waals surface area contributed by atoms with Crippen molar-refractivity contribution in [1.29, 1.82) is 0 Å². The van der Waals surface area contributed by atoms with Gasteiger partial charge in [-0.3, -0.25) is 9.78 Å². The number of nitrogens with zero attached hydrogens (tertiary/aromatic N) is 5. The van der Waals surface area contributed by atoms with Crippen molar-refractivity contribution in [2.24, 2.45) is 0 Å². The molecule has 0 radical (unpaired) electrons. The van der Waals surface area contributed by atoms with E-state index in [1.165, 1.54) is 0 Å². The first-order chi connectivity index (χ1) is 9.78. The minimum atomic E-state index is 0.783. The lowest BCUT2D eigenvalue weighted by Gasteiger charge is -2.16. The minimum Gasteiger partial charge on any atom is -0.338 e. The van der Waals surface area contributed by atoms with E-state index in [4.69, 9.17) is 0 Å². The van der Waals surface area contributed by atoms with Crippen LogP contribution in [0.2, 0.25) is 0 Å². The van der Waals surface area contributed by atoms with Gasteiger partial charge in [0.1, 0.15) is 5.69 Å². The van der Waals surface area contributed by atoms with Gasteiger partial charge in [-0.05, 0) is 32.9 Å². The molecule has 0 bridgehead atoms. The summed E-state index contributed by atoms with van der Waals surface area (Å²) < 4.78 is 1.95. The molecule has 0 aliphatic carbocycles. The summed E-state index contributed by atoms with van der Waals surface area (Å²) in [6.45, 7) is 8.89. The van der Waals surface area contributed by atoms with Crippen LogP contribution < -0.4 is 10.2 Å². The van der Waals surface area contributed by atoms with E-state index in [0.29, 0.717) is 0 Å². The fraction of sp³-hybridized carbons (Fsp3) is 0.615. The predicted octanol–water partition coefficient (Wildman–Crippen LogP) is 0.796. The molecule has 0 saturated carbocycles. The lowest BCUT2D eigenvalue weighted by molar-refractivity contribution is 0.657. The normalized spacial score (nSPS) is 16.4. The molecular weight excluding hydrogens is 254 g/mol. The fourth-order valence-corrected chi connectivity index (χ4v) is 2.53. The number of aromatic amines is 1. The van der Waals surface area contributed by atoms with E-state index >= 15 is 0 Å². The van der Waals surface area contributed by atoms with Crippen LogP contribution in [0.5, 0.6) is 0 Å². The summed E-state index contributed by atoms with van der Waals surface area (Å²) in [5.74, 6) is 1.57. The largest absolute Gasteiger partial charge is 0.338 e. The van der Waals surface area contributed by atoms with Gasteiger partial charge < -0.3 is 10.2 Å². The van der Waals surface area contributed by atoms with E-state index in [-0.39, 0.29) is 0 Å². The first kappa shape index (κ1) is 13.1. The third-order valence-corrected chi connectivity index (χ3v) is 3.54. The molecule has 0 atom stereocenters. The van der Waals surface area contributed by atoms with Gasteiger partial charge in [-0.25, -0.2) is 0 Å². The van der Waals surface area contributed by atoms with Crippen LogP contribution in [0.3, 0.4) is 0 Å². The highest BCUT2D eigenvalue weighted by molar-refractivity contribution is 5.52. The van der Waals surface area contributed by atoms with Crippen LogP contribution in [0.25, 0.3) is 11.5 Å². The first-order valence-corrected chi connectivity index (χ1v) is 7.21. The first-order valence-electron chi connectivity index (χ1n) is 7.21. The summed E-state index contributed by atoms with van der Waals surface area (Å²) in [5, 5.41) is 15.2. The van der Waals surface area contributed by atoms with Gasteiger partial charge >= 0.3 is 0 Å². The van der Waals surface area contributed by atoms with Gasteiger partial charge in [-0.1, -0.05) is 0 Å². The molecule has 7 nitrogen and oxygen atoms in total. The van der Waals surface area contributed by atoms with Gasteiger partial charge in [0.25, 0.3) is 0 Å². The van der Waals surface area contributed by atoms with Crippen LogP contribution >= 0.6 is 0 Å². The van der Waals surface area contributed by atoms with Crippen LogP contribution in [-0.2, 0) is 6.54 Å². The number of hydrogen-bond donors (Lipinski definition) is 2. The second-order valence-corrected chi connectivity index (χ2v) is 5.06. The van der Waals surface area contributed by atoms with Crippen molar-refractivity contribution in [2.75, 3.05) is 31.1 Å². The van der Waals surface area contributed by atoms with Crippen LogP contribution in [0.4, 0.5) is 5.95 Å². The number of rotatable bonds is 3. The van der Waals surface area contributed by atoms with Crippen LogP contribution in [0.1, 0.15) is 19.0 Å². The smallest absolute Gasteiger partial charge is 0.245 e. The molecule has 0 spiro atoms. The van der Waals surface area contributed by atoms with Crippen molar-refractivity contribution in [1.82, 2.24) is 30.3 Å². The van der Waals surface area contributed by atoms with E-state index in [1.54, 1.807) is 0 Å². The summed E-state index contributed by atoms with van der Waals surface area (Å²) in [6.07, 6.45) is 1.12. The Balaban J connectivity index is 1.85. The van der Waals surface area contributed by atoms with Crippen molar-refractivity contribution in [2.45, 2.75) is 26.8 Å². The number of H-pyrrole nitrogens is 1. The highest BCUT2D eigenvalue weighted by Crippen LogP contribution is 2.19. The summed E-state index contributed by atoms with van der Waals surface area (Å²) in [6, 6.07) is 2.04. The number of aryl methyl sites for hydroxylation is 2. The monoisotopic (exact) mass is 275 g/mol. The van der Waals surface area contributed by atoms with Crippen molar-refractivity contribution in [3.8, 4) is 11.5 Å². The molecule has 1 saturated heterocycles. The molecule has 20 heavy (non-hydrogen) atoms. The molecule has 7 heteroatoms. The summed E-state index contributed by atoms with van der Waals surface area (Å²) in [7, 11) is 0. The summed E-state index contributed by atoms with van der Waals surface area (Å²) in [5.41, 5.74) is 2.00. The topological polar surface area (TPSA) is 74.7 Å². The number of hydrogen-bond acceptors (Lipinski definition) is 5. The minimum absolute atomic E-state index is 0.783. The van der Waals surface area contributed by atoms with Gasteiger partial charge in [-0.2, -0.15) is 10.1 Å². The maximum absolute atomic E-state index is 4.64. The number of aromatic nitrogens is 5. The lowest BCUT2D eigenvalue weighted by atomic mass is 10.3. The zero-order valence-electron chi connectivity index (χ0n) is 12.1. The standard InChI is InChI=1S/C13H21N7/c1-3-20-11(9-10(2)18-20)12-15-13(17-16-12)19-7-4-5-14-6-8-19/h9,14H,3-8H2,1-2H3,(H,15,16,17). The third-order valence-electron chi connectivity index (χ3n) is 3.54. The van der Waals surface area contributed by atoms with Crippen LogP contribution in [0.15, 0.2) is 6.07 Å². The van der Waals surface area contributed by atoms with E-state index in [1.807, 2.05) is 17.7 Å². The van der Waals surface area contributed by atoms with E-state index in [0.717, 1.165) is 62.3 Å². The van der Waals surface area contributed by atoms with Gasteiger partial charge in [0.05, 0.1) is 5.69 Å². The molecule has 1 aliphatic heterocycles. The van der Waals surface area contributed by atoms with E-state index in [9.17, 15) is 0 Å². The van der Waals surface area contributed by atoms with E-state index in [2.05, 4.69) is 37.4 Å². The van der Waals surface area contributed by atoms with E-state index < -0.39 is 0 Å². The molecule has 2 N–H and O–H groups in total. The molecule has 0 aromatic carbocycles. The maximum Gasteiger partial charge on any atom is 0.245 e. The highest BCUT2D eigenvalue weighted by atomic mass is 15.4. The fourth-order valence-electron chi connectivity index (χ4n) is 2.53. The molecule has 108 valence electrons. The third kappa shape index (κ3) is 2.53. The Morgan fingerprint density at radius 3 is 3.05 bits per heavy atom. The number of nitrogens with one attached hydrogen (secondary N) is 2.